The summed E-state index contributed by atoms with van der Waals surface area (Å²) in [5.74, 6) is 1.20. The quantitative estimate of drug-likeness (QED) is 0.700. The lowest BCUT2D eigenvalue weighted by atomic mass is 10.1. The van der Waals surface area contributed by atoms with Crippen LogP contribution in [0.15, 0.2) is 0 Å². The highest BCUT2D eigenvalue weighted by atomic mass is 32.2. The number of likely N-dealkylation sites (N-methyl/N-ethyl adjacent to an activating group) is 1. The Kier molecular flexibility index (Phi) is 5.23. The van der Waals surface area contributed by atoms with E-state index in [0.29, 0.717) is 12.1 Å². The third kappa shape index (κ3) is 3.12. The van der Waals surface area contributed by atoms with E-state index in [1.54, 1.807) is 0 Å². The Morgan fingerprint density at radius 1 is 1.57 bits per heavy atom. The van der Waals surface area contributed by atoms with Crippen molar-refractivity contribution in [2.75, 3.05) is 32.1 Å². The second-order valence-corrected chi connectivity index (χ2v) is 5.07. The Bertz CT molecular complexity index is 168. The summed E-state index contributed by atoms with van der Waals surface area (Å²) < 4.78 is 0. The molecule has 3 unspecified atom stereocenters. The van der Waals surface area contributed by atoms with E-state index < -0.39 is 0 Å². The Balaban J connectivity index is 2.34. The lowest BCUT2D eigenvalue weighted by Gasteiger charge is -2.31. The van der Waals surface area contributed by atoms with Gasteiger partial charge in [-0.3, -0.25) is 4.90 Å². The van der Waals surface area contributed by atoms with Crippen LogP contribution >= 0.6 is 11.8 Å². The van der Waals surface area contributed by atoms with E-state index in [1.165, 1.54) is 12.2 Å². The van der Waals surface area contributed by atoms with Gasteiger partial charge in [0.25, 0.3) is 0 Å². The topological polar surface area (TPSA) is 35.5 Å². The van der Waals surface area contributed by atoms with Crippen molar-refractivity contribution >= 4 is 11.8 Å². The fourth-order valence-electron chi connectivity index (χ4n) is 1.89. The minimum Gasteiger partial charge on any atom is -0.390 e. The molecule has 1 saturated heterocycles. The van der Waals surface area contributed by atoms with E-state index in [0.717, 1.165) is 13.1 Å². The number of nitrogens with zero attached hydrogens (tertiary/aromatic N) is 1. The van der Waals surface area contributed by atoms with E-state index in [1.807, 2.05) is 11.8 Å². The fraction of sp³-hybridized carbons (Fsp3) is 1.00. The second kappa shape index (κ2) is 5.95. The van der Waals surface area contributed by atoms with Crippen LogP contribution in [0, 0.1) is 0 Å². The lowest BCUT2D eigenvalue weighted by Crippen LogP contribution is -2.45. The summed E-state index contributed by atoms with van der Waals surface area (Å²) in [6, 6.07) is 0.855. The van der Waals surface area contributed by atoms with Gasteiger partial charge in [0, 0.05) is 25.2 Å². The first-order valence-electron chi connectivity index (χ1n) is 5.26. The number of β-amino-alcohol motifs (C(OH)–C–C–N with tert-alkyl or cyclic N) is 1. The number of hydrogen-bond acceptors (Lipinski definition) is 4. The van der Waals surface area contributed by atoms with Crippen molar-refractivity contribution in [1.29, 1.82) is 0 Å². The second-order valence-electron chi connectivity index (χ2n) is 4.09. The summed E-state index contributed by atoms with van der Waals surface area (Å²) in [6.45, 7) is 3.90. The molecule has 0 aliphatic carbocycles. The van der Waals surface area contributed by atoms with Gasteiger partial charge in [0.05, 0.1) is 6.10 Å². The number of rotatable bonds is 5. The van der Waals surface area contributed by atoms with Gasteiger partial charge in [-0.25, -0.2) is 0 Å². The van der Waals surface area contributed by atoms with Gasteiger partial charge in [-0.15, -0.1) is 0 Å². The van der Waals surface area contributed by atoms with Gasteiger partial charge in [0.1, 0.15) is 0 Å². The third-order valence-corrected chi connectivity index (χ3v) is 3.75. The van der Waals surface area contributed by atoms with Gasteiger partial charge in [0.15, 0.2) is 0 Å². The van der Waals surface area contributed by atoms with Crippen LogP contribution in [0.3, 0.4) is 0 Å². The number of hydrogen-bond donors (Lipinski definition) is 2. The Morgan fingerprint density at radius 3 is 2.79 bits per heavy atom. The SMILES string of the molecule is CSCCC(C)N(C)C1CNCC1O. The summed E-state index contributed by atoms with van der Waals surface area (Å²) in [5.41, 5.74) is 0. The molecule has 0 bridgehead atoms. The molecular weight excluding hydrogens is 196 g/mol. The molecule has 3 atom stereocenters. The summed E-state index contributed by atoms with van der Waals surface area (Å²) in [7, 11) is 2.12. The van der Waals surface area contributed by atoms with Crippen LogP contribution < -0.4 is 5.32 Å². The molecule has 0 amide bonds. The zero-order valence-corrected chi connectivity index (χ0v) is 10.2. The zero-order valence-electron chi connectivity index (χ0n) is 9.36. The molecule has 0 aromatic rings. The summed E-state index contributed by atoms with van der Waals surface area (Å²) in [5, 5.41) is 12.9. The highest BCUT2D eigenvalue weighted by Gasteiger charge is 2.30. The molecule has 0 aromatic carbocycles. The van der Waals surface area contributed by atoms with Crippen molar-refractivity contribution in [1.82, 2.24) is 10.2 Å². The molecule has 1 aliphatic rings. The molecule has 0 radical (unpaired) electrons. The summed E-state index contributed by atoms with van der Waals surface area (Å²) >= 11 is 1.89. The van der Waals surface area contributed by atoms with Crippen LogP contribution in [-0.2, 0) is 0 Å². The third-order valence-electron chi connectivity index (χ3n) is 3.11. The van der Waals surface area contributed by atoms with Gasteiger partial charge < -0.3 is 10.4 Å². The zero-order chi connectivity index (χ0) is 10.6. The van der Waals surface area contributed by atoms with E-state index in [4.69, 9.17) is 0 Å². The van der Waals surface area contributed by atoms with Crippen molar-refractivity contribution in [3.63, 3.8) is 0 Å². The molecule has 0 saturated carbocycles. The number of aliphatic hydroxyl groups excluding tert-OH is 1. The van der Waals surface area contributed by atoms with E-state index >= 15 is 0 Å². The average Bonchev–Trinajstić information content (AvgIpc) is 2.59. The normalized spacial score (nSPS) is 29.8. The largest absolute Gasteiger partial charge is 0.390 e. The first kappa shape index (κ1) is 12.3. The summed E-state index contributed by atoms with van der Waals surface area (Å²) in [4.78, 5) is 2.31. The molecule has 1 rings (SSSR count). The van der Waals surface area contributed by atoms with Gasteiger partial charge >= 0.3 is 0 Å². The predicted octanol–water partition coefficient (Wildman–Crippen LogP) is 0.392. The lowest BCUT2D eigenvalue weighted by molar-refractivity contribution is 0.0770. The van der Waals surface area contributed by atoms with E-state index in [2.05, 4.69) is 30.4 Å². The Hall–Kier alpha value is 0.230. The Labute approximate surface area is 91.2 Å². The van der Waals surface area contributed by atoms with Crippen molar-refractivity contribution in [3.05, 3.63) is 0 Å². The van der Waals surface area contributed by atoms with Crippen molar-refractivity contribution < 1.29 is 5.11 Å². The minimum atomic E-state index is -0.197. The molecule has 0 spiro atoms. The molecule has 1 aliphatic heterocycles. The average molecular weight is 218 g/mol. The molecule has 14 heavy (non-hydrogen) atoms. The molecule has 4 heteroatoms. The standard InChI is InChI=1S/C10H22N2OS/c1-8(4-5-14-3)12(2)9-6-11-7-10(9)13/h8-11,13H,4-7H2,1-3H3. The van der Waals surface area contributed by atoms with Gasteiger partial charge in [-0.05, 0) is 32.4 Å². The van der Waals surface area contributed by atoms with Crippen LogP contribution in [0.5, 0.6) is 0 Å². The molecule has 2 N–H and O–H groups in total. The number of aliphatic hydroxyl groups is 1. The molecule has 0 aromatic heterocycles. The van der Waals surface area contributed by atoms with E-state index in [-0.39, 0.29) is 6.10 Å². The number of nitrogens with one attached hydrogen (secondary N) is 1. The first-order valence-corrected chi connectivity index (χ1v) is 6.66. The smallest absolute Gasteiger partial charge is 0.0831 e. The van der Waals surface area contributed by atoms with Gasteiger partial charge in [-0.1, -0.05) is 0 Å². The van der Waals surface area contributed by atoms with E-state index in [9.17, 15) is 5.11 Å². The first-order chi connectivity index (χ1) is 6.66. The van der Waals surface area contributed by atoms with Crippen molar-refractivity contribution in [2.24, 2.45) is 0 Å². The summed E-state index contributed by atoms with van der Waals surface area (Å²) in [6.07, 6.45) is 3.14. The van der Waals surface area contributed by atoms with Crippen LogP contribution in [0.1, 0.15) is 13.3 Å². The van der Waals surface area contributed by atoms with Gasteiger partial charge in [-0.2, -0.15) is 11.8 Å². The minimum absolute atomic E-state index is 0.197. The fourth-order valence-corrected chi connectivity index (χ4v) is 2.46. The molecule has 3 nitrogen and oxygen atoms in total. The highest BCUT2D eigenvalue weighted by Crippen LogP contribution is 2.14. The maximum atomic E-state index is 9.72. The van der Waals surface area contributed by atoms with Crippen LogP contribution in [-0.4, -0.2) is 60.3 Å². The monoisotopic (exact) mass is 218 g/mol. The highest BCUT2D eigenvalue weighted by molar-refractivity contribution is 7.98. The number of thioether (sulfide) groups is 1. The maximum Gasteiger partial charge on any atom is 0.0831 e. The molecular formula is C10H22N2OS. The maximum absolute atomic E-state index is 9.72. The van der Waals surface area contributed by atoms with Crippen molar-refractivity contribution in [2.45, 2.75) is 31.5 Å². The Morgan fingerprint density at radius 2 is 2.29 bits per heavy atom. The van der Waals surface area contributed by atoms with Crippen LogP contribution in [0.25, 0.3) is 0 Å². The van der Waals surface area contributed by atoms with Crippen LogP contribution in [0.2, 0.25) is 0 Å². The molecule has 84 valence electrons. The van der Waals surface area contributed by atoms with Crippen molar-refractivity contribution in [3.8, 4) is 0 Å². The molecule has 1 fully saturated rings. The predicted molar refractivity (Wildman–Crippen MR) is 62.9 cm³/mol. The van der Waals surface area contributed by atoms with Crippen LogP contribution in [0.4, 0.5) is 0 Å². The van der Waals surface area contributed by atoms with Gasteiger partial charge in [0.2, 0.25) is 0 Å². The molecule has 1 heterocycles.